The second-order valence-electron chi connectivity index (χ2n) is 4.34. The first-order valence-corrected chi connectivity index (χ1v) is 4.47. The van der Waals surface area contributed by atoms with Crippen molar-refractivity contribution in [3.63, 3.8) is 0 Å². The summed E-state index contributed by atoms with van der Waals surface area (Å²) in [7, 11) is 0. The van der Waals surface area contributed by atoms with Gasteiger partial charge in [-0.15, -0.1) is 0 Å². The van der Waals surface area contributed by atoms with Crippen molar-refractivity contribution in [3.05, 3.63) is 32.6 Å². The molecular formula is C9H11F3N2O2. The number of nitrogens with zero attached hydrogens (tertiary/aromatic N) is 1. The minimum Gasteiger partial charge on any atom is -0.295 e. The Kier molecular flexibility index (Phi) is 2.74. The van der Waals surface area contributed by atoms with Gasteiger partial charge < -0.3 is 0 Å². The van der Waals surface area contributed by atoms with E-state index in [0.29, 0.717) is 6.20 Å². The number of rotatable bonds is 0. The lowest BCUT2D eigenvalue weighted by atomic mass is 10.1. The third kappa shape index (κ3) is 2.34. The van der Waals surface area contributed by atoms with Crippen molar-refractivity contribution in [1.29, 1.82) is 0 Å². The van der Waals surface area contributed by atoms with E-state index in [4.69, 9.17) is 0 Å². The monoisotopic (exact) mass is 236 g/mol. The van der Waals surface area contributed by atoms with E-state index in [2.05, 4.69) is 0 Å². The Morgan fingerprint density at radius 3 is 2.06 bits per heavy atom. The van der Waals surface area contributed by atoms with Crippen molar-refractivity contribution in [2.45, 2.75) is 32.5 Å². The molecule has 0 saturated carbocycles. The zero-order valence-corrected chi connectivity index (χ0v) is 8.97. The smallest absolute Gasteiger partial charge is 0.295 e. The molecule has 0 amide bonds. The van der Waals surface area contributed by atoms with Gasteiger partial charge >= 0.3 is 11.9 Å². The lowest BCUT2D eigenvalue weighted by molar-refractivity contribution is -0.139. The van der Waals surface area contributed by atoms with Crippen LogP contribution in [0.5, 0.6) is 0 Å². The number of halogens is 3. The van der Waals surface area contributed by atoms with Crippen molar-refractivity contribution in [2.75, 3.05) is 0 Å². The molecule has 0 aromatic carbocycles. The molecule has 0 spiro atoms. The summed E-state index contributed by atoms with van der Waals surface area (Å²) in [5, 5.41) is 0. The Hall–Kier alpha value is -1.53. The summed E-state index contributed by atoms with van der Waals surface area (Å²) in [6.45, 7) is 4.69. The molecule has 0 fully saturated rings. The lowest BCUT2D eigenvalue weighted by Gasteiger charge is -2.22. The SMILES string of the molecule is CC(C)(C)n1cc(C(F)(F)F)c(=O)[nH]c1=O. The van der Waals surface area contributed by atoms with Gasteiger partial charge in [0.25, 0.3) is 5.56 Å². The van der Waals surface area contributed by atoms with Gasteiger partial charge in [0, 0.05) is 11.7 Å². The largest absolute Gasteiger partial charge is 0.423 e. The van der Waals surface area contributed by atoms with Crippen LogP contribution in [-0.2, 0) is 11.7 Å². The normalized spacial score (nSPS) is 12.9. The van der Waals surface area contributed by atoms with Crippen LogP contribution in [0.1, 0.15) is 26.3 Å². The Morgan fingerprint density at radius 1 is 1.19 bits per heavy atom. The molecule has 0 bridgehead atoms. The fraction of sp³-hybridized carbons (Fsp3) is 0.556. The van der Waals surface area contributed by atoms with Crippen molar-refractivity contribution in [1.82, 2.24) is 9.55 Å². The third-order valence-electron chi connectivity index (χ3n) is 1.97. The molecule has 90 valence electrons. The first-order chi connectivity index (χ1) is 7.03. The summed E-state index contributed by atoms with van der Waals surface area (Å²) in [5.74, 6) is 0. The van der Waals surface area contributed by atoms with Crippen molar-refractivity contribution in [2.24, 2.45) is 0 Å². The number of H-pyrrole nitrogens is 1. The number of aromatic amines is 1. The van der Waals surface area contributed by atoms with Crippen molar-refractivity contribution in [3.8, 4) is 0 Å². The Labute approximate surface area is 88.7 Å². The van der Waals surface area contributed by atoms with Gasteiger partial charge in [-0.2, -0.15) is 13.2 Å². The van der Waals surface area contributed by atoms with Gasteiger partial charge in [-0.25, -0.2) is 4.79 Å². The molecule has 4 nitrogen and oxygen atoms in total. The van der Waals surface area contributed by atoms with Gasteiger partial charge in [0.2, 0.25) is 0 Å². The van der Waals surface area contributed by atoms with E-state index in [0.717, 1.165) is 4.57 Å². The molecule has 0 radical (unpaired) electrons. The average molecular weight is 236 g/mol. The van der Waals surface area contributed by atoms with Crippen LogP contribution in [0.15, 0.2) is 15.8 Å². The third-order valence-corrected chi connectivity index (χ3v) is 1.97. The Balaban J connectivity index is 3.59. The summed E-state index contributed by atoms with van der Waals surface area (Å²) in [6.07, 6.45) is -4.23. The molecule has 1 aromatic rings. The van der Waals surface area contributed by atoms with Crippen molar-refractivity contribution >= 4 is 0 Å². The van der Waals surface area contributed by atoms with Crippen LogP contribution in [0.2, 0.25) is 0 Å². The lowest BCUT2D eigenvalue weighted by Crippen LogP contribution is -2.41. The number of nitrogens with one attached hydrogen (secondary N) is 1. The fourth-order valence-corrected chi connectivity index (χ4v) is 1.17. The Morgan fingerprint density at radius 2 is 1.69 bits per heavy atom. The highest BCUT2D eigenvalue weighted by Crippen LogP contribution is 2.26. The highest BCUT2D eigenvalue weighted by Gasteiger charge is 2.35. The van der Waals surface area contributed by atoms with Crippen LogP contribution < -0.4 is 11.2 Å². The molecule has 1 N–H and O–H groups in total. The highest BCUT2D eigenvalue weighted by atomic mass is 19.4. The molecule has 16 heavy (non-hydrogen) atoms. The van der Waals surface area contributed by atoms with E-state index in [9.17, 15) is 22.8 Å². The maximum atomic E-state index is 12.4. The van der Waals surface area contributed by atoms with Crippen LogP contribution in [0.25, 0.3) is 0 Å². The predicted octanol–water partition coefficient (Wildman–Crippen LogP) is 1.31. The summed E-state index contributed by atoms with van der Waals surface area (Å²) < 4.78 is 38.1. The highest BCUT2D eigenvalue weighted by molar-refractivity contribution is 5.09. The van der Waals surface area contributed by atoms with E-state index >= 15 is 0 Å². The molecule has 7 heteroatoms. The molecule has 0 aliphatic carbocycles. The van der Waals surface area contributed by atoms with Crippen LogP contribution in [0.3, 0.4) is 0 Å². The summed E-state index contributed by atoms with van der Waals surface area (Å²) in [6, 6.07) is 0. The van der Waals surface area contributed by atoms with Gasteiger partial charge in [-0.1, -0.05) is 0 Å². The van der Waals surface area contributed by atoms with E-state index in [-0.39, 0.29) is 0 Å². The van der Waals surface area contributed by atoms with Gasteiger partial charge in [0.15, 0.2) is 0 Å². The molecule has 0 atom stereocenters. The number of hydrogen-bond acceptors (Lipinski definition) is 2. The summed E-state index contributed by atoms with van der Waals surface area (Å²) in [4.78, 5) is 23.9. The van der Waals surface area contributed by atoms with E-state index < -0.39 is 28.5 Å². The zero-order valence-electron chi connectivity index (χ0n) is 8.97. The second kappa shape index (κ2) is 3.50. The number of aromatic nitrogens is 2. The first-order valence-electron chi connectivity index (χ1n) is 4.47. The van der Waals surface area contributed by atoms with Crippen LogP contribution in [0, 0.1) is 0 Å². The summed E-state index contributed by atoms with van der Waals surface area (Å²) in [5.41, 5.74) is -4.48. The number of hydrogen-bond donors (Lipinski definition) is 1. The number of alkyl halides is 3. The zero-order chi connectivity index (χ0) is 12.7. The van der Waals surface area contributed by atoms with E-state index in [1.807, 2.05) is 0 Å². The maximum absolute atomic E-state index is 12.4. The van der Waals surface area contributed by atoms with Crippen LogP contribution in [-0.4, -0.2) is 9.55 Å². The topological polar surface area (TPSA) is 54.9 Å². The molecule has 0 aliphatic heterocycles. The average Bonchev–Trinajstić information content (AvgIpc) is 1.97. The van der Waals surface area contributed by atoms with Crippen LogP contribution in [0.4, 0.5) is 13.2 Å². The molecule has 0 aliphatic rings. The Bertz CT molecular complexity index is 462. The standard InChI is InChI=1S/C9H11F3N2O2/c1-8(2,3)14-4-5(9(10,11)12)6(15)13-7(14)16/h4H,1-3H3,(H,13,15,16). The second-order valence-corrected chi connectivity index (χ2v) is 4.34. The minimum atomic E-state index is -4.77. The van der Waals surface area contributed by atoms with Gasteiger partial charge in [0.1, 0.15) is 5.56 Å². The molecule has 1 rings (SSSR count). The predicted molar refractivity (Wildman–Crippen MR) is 51.3 cm³/mol. The van der Waals surface area contributed by atoms with Gasteiger partial charge in [-0.05, 0) is 20.8 Å². The quantitative estimate of drug-likeness (QED) is 0.738. The maximum Gasteiger partial charge on any atom is 0.423 e. The minimum absolute atomic E-state index is 0.543. The van der Waals surface area contributed by atoms with Gasteiger partial charge in [0.05, 0.1) is 0 Å². The van der Waals surface area contributed by atoms with Crippen LogP contribution >= 0.6 is 0 Å². The molecule has 1 aromatic heterocycles. The molecular weight excluding hydrogens is 225 g/mol. The molecule has 1 heterocycles. The van der Waals surface area contributed by atoms with Gasteiger partial charge in [-0.3, -0.25) is 14.3 Å². The first kappa shape index (κ1) is 12.5. The molecule has 0 saturated heterocycles. The van der Waals surface area contributed by atoms with E-state index in [1.165, 1.54) is 0 Å². The summed E-state index contributed by atoms with van der Waals surface area (Å²) >= 11 is 0. The van der Waals surface area contributed by atoms with E-state index in [1.54, 1.807) is 25.8 Å². The fourth-order valence-electron chi connectivity index (χ4n) is 1.17. The van der Waals surface area contributed by atoms with Crippen molar-refractivity contribution < 1.29 is 13.2 Å². The molecule has 0 unspecified atom stereocenters.